The zero-order valence-corrected chi connectivity index (χ0v) is 11.8. The van der Waals surface area contributed by atoms with E-state index >= 15 is 0 Å². The topological polar surface area (TPSA) is 35.2 Å². The Morgan fingerprint density at radius 1 is 1.24 bits per heavy atom. The first-order chi connectivity index (χ1) is 7.83. The third kappa shape index (κ3) is 4.39. The molecule has 0 saturated heterocycles. The fraction of sp³-hybridized carbons (Fsp3) is 0.600. The molecule has 2 N–H and O–H groups in total. The number of nitrogens with two attached hydrogens (primary N) is 1. The fourth-order valence-corrected chi connectivity index (χ4v) is 2.25. The second-order valence-electron chi connectivity index (χ2n) is 5.62. The lowest BCUT2D eigenvalue weighted by Crippen LogP contribution is -2.31. The van der Waals surface area contributed by atoms with Gasteiger partial charge in [0.05, 0.1) is 7.11 Å². The highest BCUT2D eigenvalue weighted by molar-refractivity contribution is 5.43. The van der Waals surface area contributed by atoms with Crippen LogP contribution in [0.25, 0.3) is 0 Å². The van der Waals surface area contributed by atoms with Crippen LogP contribution in [0.5, 0.6) is 5.75 Å². The number of benzene rings is 1. The van der Waals surface area contributed by atoms with Gasteiger partial charge in [-0.1, -0.05) is 17.7 Å². The lowest BCUT2D eigenvalue weighted by molar-refractivity contribution is 0.402. The van der Waals surface area contributed by atoms with Crippen molar-refractivity contribution in [2.75, 3.05) is 7.11 Å². The molecular weight excluding hydrogens is 210 g/mol. The van der Waals surface area contributed by atoms with Gasteiger partial charge in [-0.15, -0.1) is 0 Å². The zero-order chi connectivity index (χ0) is 13.1. The Labute approximate surface area is 105 Å². The molecule has 1 rings (SSSR count). The van der Waals surface area contributed by atoms with E-state index in [4.69, 9.17) is 10.5 Å². The van der Waals surface area contributed by atoms with Crippen molar-refractivity contribution in [1.29, 1.82) is 0 Å². The first kappa shape index (κ1) is 14.0. The lowest BCUT2D eigenvalue weighted by atomic mass is 9.95. The molecule has 0 heterocycles. The van der Waals surface area contributed by atoms with Crippen LogP contribution in [-0.4, -0.2) is 12.6 Å². The molecule has 1 aromatic rings. The van der Waals surface area contributed by atoms with E-state index in [2.05, 4.69) is 39.8 Å². The summed E-state index contributed by atoms with van der Waals surface area (Å²) in [6.07, 6.45) is 3.16. The van der Waals surface area contributed by atoms with Crippen LogP contribution >= 0.6 is 0 Å². The van der Waals surface area contributed by atoms with E-state index in [1.54, 1.807) is 7.11 Å². The molecule has 96 valence electrons. The Hall–Kier alpha value is -1.02. The summed E-state index contributed by atoms with van der Waals surface area (Å²) in [7, 11) is 1.74. The maximum atomic E-state index is 6.00. The van der Waals surface area contributed by atoms with Gasteiger partial charge >= 0.3 is 0 Å². The van der Waals surface area contributed by atoms with E-state index < -0.39 is 0 Å². The van der Waals surface area contributed by atoms with E-state index in [0.717, 1.165) is 25.0 Å². The predicted molar refractivity (Wildman–Crippen MR) is 73.7 cm³/mol. The van der Waals surface area contributed by atoms with Crippen LogP contribution < -0.4 is 10.5 Å². The SMILES string of the molecule is COc1c(C)cc(C)cc1CCCC(C)(C)N. The van der Waals surface area contributed by atoms with Crippen molar-refractivity contribution in [3.63, 3.8) is 0 Å². The molecule has 2 nitrogen and oxygen atoms in total. The maximum Gasteiger partial charge on any atom is 0.124 e. The van der Waals surface area contributed by atoms with Crippen LogP contribution in [0, 0.1) is 13.8 Å². The standard InChI is InChI=1S/C15H25NO/c1-11-9-12(2)14(17-5)13(10-11)7-6-8-15(3,4)16/h9-10H,6-8,16H2,1-5H3. The number of hydrogen-bond donors (Lipinski definition) is 1. The van der Waals surface area contributed by atoms with Gasteiger partial charge < -0.3 is 10.5 Å². The summed E-state index contributed by atoms with van der Waals surface area (Å²) in [6, 6.07) is 4.38. The van der Waals surface area contributed by atoms with Crippen LogP contribution in [0.2, 0.25) is 0 Å². The molecular formula is C15H25NO. The van der Waals surface area contributed by atoms with Gasteiger partial charge in [0, 0.05) is 5.54 Å². The van der Waals surface area contributed by atoms with Gasteiger partial charge in [0.1, 0.15) is 5.75 Å². The Morgan fingerprint density at radius 3 is 2.41 bits per heavy atom. The summed E-state index contributed by atoms with van der Waals surface area (Å²) in [5, 5.41) is 0. The minimum atomic E-state index is -0.0773. The van der Waals surface area contributed by atoms with Crippen molar-refractivity contribution < 1.29 is 4.74 Å². The highest BCUT2D eigenvalue weighted by atomic mass is 16.5. The largest absolute Gasteiger partial charge is 0.496 e. The Kier molecular flexibility index (Phi) is 4.58. The van der Waals surface area contributed by atoms with Gasteiger partial charge in [-0.05, 0) is 58.1 Å². The summed E-state index contributed by atoms with van der Waals surface area (Å²) >= 11 is 0. The number of methoxy groups -OCH3 is 1. The molecule has 0 aliphatic heterocycles. The molecule has 0 spiro atoms. The van der Waals surface area contributed by atoms with Crippen LogP contribution in [0.3, 0.4) is 0 Å². The van der Waals surface area contributed by atoms with Crippen LogP contribution in [0.1, 0.15) is 43.4 Å². The van der Waals surface area contributed by atoms with Crippen molar-refractivity contribution in [2.24, 2.45) is 5.73 Å². The highest BCUT2D eigenvalue weighted by Gasteiger charge is 2.12. The number of aryl methyl sites for hydroxylation is 3. The molecule has 0 amide bonds. The van der Waals surface area contributed by atoms with Crippen LogP contribution in [0.4, 0.5) is 0 Å². The molecule has 0 aromatic heterocycles. The predicted octanol–water partition coefficient (Wildman–Crippen LogP) is 3.37. The lowest BCUT2D eigenvalue weighted by Gasteiger charge is -2.19. The van der Waals surface area contributed by atoms with Crippen molar-refractivity contribution in [1.82, 2.24) is 0 Å². The third-order valence-corrected chi connectivity index (χ3v) is 2.97. The first-order valence-corrected chi connectivity index (χ1v) is 6.26. The smallest absolute Gasteiger partial charge is 0.124 e. The minimum Gasteiger partial charge on any atom is -0.496 e. The summed E-state index contributed by atoms with van der Waals surface area (Å²) in [5.74, 6) is 1.03. The van der Waals surface area contributed by atoms with E-state index in [1.165, 1.54) is 16.7 Å². The van der Waals surface area contributed by atoms with Gasteiger partial charge in [0.25, 0.3) is 0 Å². The van der Waals surface area contributed by atoms with Gasteiger partial charge in [-0.3, -0.25) is 0 Å². The number of ether oxygens (including phenoxy) is 1. The van der Waals surface area contributed by atoms with E-state index in [9.17, 15) is 0 Å². The normalized spacial score (nSPS) is 11.6. The molecule has 0 unspecified atom stereocenters. The van der Waals surface area contributed by atoms with Crippen molar-refractivity contribution in [2.45, 2.75) is 52.5 Å². The average Bonchev–Trinajstić information content (AvgIpc) is 2.14. The van der Waals surface area contributed by atoms with Crippen molar-refractivity contribution >= 4 is 0 Å². The van der Waals surface area contributed by atoms with Gasteiger partial charge in [0.15, 0.2) is 0 Å². The van der Waals surface area contributed by atoms with Crippen LogP contribution in [-0.2, 0) is 6.42 Å². The van der Waals surface area contributed by atoms with E-state index in [1.807, 2.05) is 0 Å². The van der Waals surface area contributed by atoms with Gasteiger partial charge in [-0.2, -0.15) is 0 Å². The summed E-state index contributed by atoms with van der Waals surface area (Å²) < 4.78 is 5.48. The van der Waals surface area contributed by atoms with Crippen molar-refractivity contribution in [3.8, 4) is 5.75 Å². The third-order valence-electron chi connectivity index (χ3n) is 2.97. The molecule has 0 atom stereocenters. The maximum absolute atomic E-state index is 6.00. The molecule has 0 aliphatic rings. The molecule has 2 heteroatoms. The molecule has 17 heavy (non-hydrogen) atoms. The Morgan fingerprint density at radius 2 is 1.88 bits per heavy atom. The summed E-state index contributed by atoms with van der Waals surface area (Å²) in [6.45, 7) is 8.38. The zero-order valence-electron chi connectivity index (χ0n) is 11.8. The molecule has 1 aromatic carbocycles. The van der Waals surface area contributed by atoms with E-state index in [0.29, 0.717) is 0 Å². The Balaban J connectivity index is 2.76. The summed E-state index contributed by atoms with van der Waals surface area (Å²) in [4.78, 5) is 0. The Bertz CT molecular complexity index is 377. The highest BCUT2D eigenvalue weighted by Crippen LogP contribution is 2.27. The quantitative estimate of drug-likeness (QED) is 0.849. The molecule has 0 aliphatic carbocycles. The van der Waals surface area contributed by atoms with E-state index in [-0.39, 0.29) is 5.54 Å². The first-order valence-electron chi connectivity index (χ1n) is 6.26. The number of hydrogen-bond acceptors (Lipinski definition) is 2. The van der Waals surface area contributed by atoms with Crippen LogP contribution in [0.15, 0.2) is 12.1 Å². The van der Waals surface area contributed by atoms with Crippen molar-refractivity contribution in [3.05, 3.63) is 28.8 Å². The minimum absolute atomic E-state index is 0.0773. The molecule has 0 fully saturated rings. The fourth-order valence-electron chi connectivity index (χ4n) is 2.25. The second kappa shape index (κ2) is 5.54. The average molecular weight is 235 g/mol. The second-order valence-corrected chi connectivity index (χ2v) is 5.62. The number of rotatable bonds is 5. The molecule has 0 bridgehead atoms. The van der Waals surface area contributed by atoms with Gasteiger partial charge in [0.2, 0.25) is 0 Å². The van der Waals surface area contributed by atoms with Gasteiger partial charge in [-0.25, -0.2) is 0 Å². The molecule has 0 saturated carbocycles. The molecule has 0 radical (unpaired) electrons. The summed E-state index contributed by atoms with van der Waals surface area (Å²) in [5.41, 5.74) is 9.74. The monoisotopic (exact) mass is 235 g/mol.